The van der Waals surface area contributed by atoms with Gasteiger partial charge in [0.1, 0.15) is 17.6 Å². The Labute approximate surface area is 162 Å². The Morgan fingerprint density at radius 2 is 1.97 bits per heavy atom. The Hall–Kier alpha value is -4.35. The highest BCUT2D eigenvalue weighted by molar-refractivity contribution is 6.04. The van der Waals surface area contributed by atoms with Gasteiger partial charge in [0.05, 0.1) is 5.56 Å². The topological polar surface area (TPSA) is 163 Å². The number of carbonyl (C=O) groups is 2. The van der Waals surface area contributed by atoms with Gasteiger partial charge in [0, 0.05) is 12.2 Å². The average Bonchev–Trinajstić information content (AvgIpc) is 3.34. The fourth-order valence-electron chi connectivity index (χ4n) is 2.75. The van der Waals surface area contributed by atoms with E-state index in [0.29, 0.717) is 22.3 Å². The molecule has 0 radical (unpaired) electrons. The van der Waals surface area contributed by atoms with Crippen LogP contribution in [0.25, 0.3) is 11.0 Å². The van der Waals surface area contributed by atoms with Gasteiger partial charge >= 0.3 is 5.69 Å². The van der Waals surface area contributed by atoms with Gasteiger partial charge in [-0.3, -0.25) is 9.59 Å². The quantitative estimate of drug-likeness (QED) is 0.352. The largest absolute Gasteiger partial charge is 0.381 e. The minimum absolute atomic E-state index is 0.183. The molecule has 0 aliphatic rings. The van der Waals surface area contributed by atoms with E-state index in [1.807, 2.05) is 6.07 Å². The smallest absolute Gasteiger partial charge is 0.348 e. The molecule has 0 saturated carbocycles. The lowest BCUT2D eigenvalue weighted by atomic mass is 10.1. The van der Waals surface area contributed by atoms with Crippen molar-refractivity contribution < 1.29 is 9.59 Å². The van der Waals surface area contributed by atoms with Crippen molar-refractivity contribution in [3.8, 4) is 0 Å². The van der Waals surface area contributed by atoms with Gasteiger partial charge in [0.15, 0.2) is 0 Å². The molecule has 4 N–H and O–H groups in total. The standard InChI is InChI=1S/C17H15N9O3/c27-14(9-26-23-17(29)22-25-26)19-11-4-1-3-10(7-11)8-18-16(28)12-5-2-6-13-15(12)21-24-20-13/h1-7H,8-9H2,(H,18,28)(H,19,27)(H,23,29)(H,20,21,24). The van der Waals surface area contributed by atoms with Crippen LogP contribution in [0.1, 0.15) is 15.9 Å². The number of nitrogens with zero attached hydrogens (tertiary/aromatic N) is 5. The number of nitrogens with one attached hydrogen (secondary N) is 4. The van der Waals surface area contributed by atoms with Gasteiger partial charge in [-0.1, -0.05) is 23.3 Å². The molecular weight excluding hydrogens is 378 g/mol. The van der Waals surface area contributed by atoms with E-state index in [4.69, 9.17) is 0 Å². The molecule has 2 aromatic heterocycles. The molecule has 0 aliphatic carbocycles. The fraction of sp³-hybridized carbons (Fsp3) is 0.118. The summed E-state index contributed by atoms with van der Waals surface area (Å²) < 4.78 is 0. The minimum Gasteiger partial charge on any atom is -0.348 e. The number of benzene rings is 2. The van der Waals surface area contributed by atoms with E-state index in [9.17, 15) is 14.4 Å². The lowest BCUT2D eigenvalue weighted by Crippen LogP contribution is -2.23. The predicted molar refractivity (Wildman–Crippen MR) is 101 cm³/mol. The summed E-state index contributed by atoms with van der Waals surface area (Å²) in [6.07, 6.45) is 0. The number of tetrazole rings is 1. The molecule has 29 heavy (non-hydrogen) atoms. The van der Waals surface area contributed by atoms with Crippen molar-refractivity contribution in [2.75, 3.05) is 5.32 Å². The molecule has 0 atom stereocenters. The zero-order valence-electron chi connectivity index (χ0n) is 14.9. The number of anilines is 1. The van der Waals surface area contributed by atoms with Gasteiger partial charge in [-0.15, -0.1) is 0 Å². The van der Waals surface area contributed by atoms with Crippen molar-refractivity contribution in [1.29, 1.82) is 0 Å². The number of aromatic nitrogens is 7. The van der Waals surface area contributed by atoms with E-state index in [1.54, 1.807) is 36.4 Å². The third-order valence-corrected chi connectivity index (χ3v) is 4.02. The van der Waals surface area contributed by atoms with E-state index in [-0.39, 0.29) is 24.9 Å². The maximum atomic E-state index is 12.5. The molecule has 0 unspecified atom stereocenters. The Bertz CT molecular complexity index is 1240. The van der Waals surface area contributed by atoms with Gasteiger partial charge in [0.2, 0.25) is 5.91 Å². The van der Waals surface area contributed by atoms with Crippen LogP contribution in [0, 0.1) is 0 Å². The molecule has 0 fully saturated rings. The SMILES string of the molecule is O=C(Cn1nnc(=O)[nH]1)Nc1cccc(CNC(=O)c2cccc3n[nH]nc23)c1. The fourth-order valence-corrected chi connectivity index (χ4v) is 2.75. The second kappa shape index (κ2) is 7.72. The number of para-hydroxylation sites is 1. The second-order valence-corrected chi connectivity index (χ2v) is 6.09. The molecule has 2 heterocycles. The van der Waals surface area contributed by atoms with Crippen LogP contribution < -0.4 is 16.3 Å². The number of rotatable bonds is 6. The normalized spacial score (nSPS) is 10.8. The predicted octanol–water partition coefficient (Wildman–Crippen LogP) is -0.194. The second-order valence-electron chi connectivity index (χ2n) is 6.09. The first-order chi connectivity index (χ1) is 14.1. The van der Waals surface area contributed by atoms with Gasteiger partial charge < -0.3 is 10.6 Å². The molecule has 0 bridgehead atoms. The molecule has 4 aromatic rings. The van der Waals surface area contributed by atoms with Crippen molar-refractivity contribution in [3.05, 3.63) is 64.1 Å². The monoisotopic (exact) mass is 393 g/mol. The highest BCUT2D eigenvalue weighted by atomic mass is 16.2. The minimum atomic E-state index is -0.628. The van der Waals surface area contributed by atoms with Crippen LogP contribution in [-0.2, 0) is 17.9 Å². The molecule has 12 heteroatoms. The zero-order valence-corrected chi connectivity index (χ0v) is 14.9. The number of H-pyrrole nitrogens is 2. The summed E-state index contributed by atoms with van der Waals surface area (Å²) in [5.74, 6) is -0.667. The number of carbonyl (C=O) groups excluding carboxylic acids is 2. The Balaban J connectivity index is 1.38. The maximum Gasteiger partial charge on any atom is 0.381 e. The van der Waals surface area contributed by atoms with Crippen LogP contribution in [0.2, 0.25) is 0 Å². The van der Waals surface area contributed by atoms with Crippen LogP contribution in [0.15, 0.2) is 47.3 Å². The lowest BCUT2D eigenvalue weighted by Gasteiger charge is -2.09. The van der Waals surface area contributed by atoms with E-state index < -0.39 is 5.69 Å². The number of amides is 2. The van der Waals surface area contributed by atoms with Crippen LogP contribution in [0.4, 0.5) is 5.69 Å². The number of hydrogen-bond donors (Lipinski definition) is 4. The van der Waals surface area contributed by atoms with Gasteiger partial charge in [0.25, 0.3) is 5.91 Å². The molecule has 0 aliphatic heterocycles. The summed E-state index contributed by atoms with van der Waals surface area (Å²) >= 11 is 0. The molecular formula is C17H15N9O3. The molecule has 0 spiro atoms. The van der Waals surface area contributed by atoms with Crippen molar-refractivity contribution >= 4 is 28.5 Å². The zero-order chi connectivity index (χ0) is 20.2. The van der Waals surface area contributed by atoms with Crippen molar-refractivity contribution in [1.82, 2.24) is 40.9 Å². The lowest BCUT2D eigenvalue weighted by molar-refractivity contribution is -0.117. The van der Waals surface area contributed by atoms with Crippen molar-refractivity contribution in [2.24, 2.45) is 0 Å². The Morgan fingerprint density at radius 1 is 1.10 bits per heavy atom. The van der Waals surface area contributed by atoms with E-state index in [0.717, 1.165) is 10.4 Å². The van der Waals surface area contributed by atoms with E-state index >= 15 is 0 Å². The number of hydrogen-bond acceptors (Lipinski definition) is 7. The van der Waals surface area contributed by atoms with Crippen LogP contribution in [0.5, 0.6) is 0 Å². The number of aromatic amines is 2. The van der Waals surface area contributed by atoms with Crippen molar-refractivity contribution in [2.45, 2.75) is 13.1 Å². The summed E-state index contributed by atoms with van der Waals surface area (Å²) in [6, 6.07) is 12.2. The van der Waals surface area contributed by atoms with Crippen LogP contribution >= 0.6 is 0 Å². The molecule has 2 aromatic carbocycles. The molecule has 0 saturated heterocycles. The van der Waals surface area contributed by atoms with Gasteiger partial charge in [-0.2, -0.15) is 20.2 Å². The highest BCUT2D eigenvalue weighted by Gasteiger charge is 2.12. The summed E-state index contributed by atoms with van der Waals surface area (Å²) in [5, 5.41) is 25.0. The highest BCUT2D eigenvalue weighted by Crippen LogP contribution is 2.14. The summed E-state index contributed by atoms with van der Waals surface area (Å²) in [6.45, 7) is 0.0745. The van der Waals surface area contributed by atoms with Crippen molar-refractivity contribution in [3.63, 3.8) is 0 Å². The van der Waals surface area contributed by atoms with Gasteiger partial charge in [-0.05, 0) is 35.0 Å². The molecule has 2 amide bonds. The molecule has 146 valence electrons. The summed E-state index contributed by atoms with van der Waals surface area (Å²) in [5.41, 5.74) is 2.23. The first kappa shape index (κ1) is 18.0. The number of fused-ring (bicyclic) bond motifs is 1. The third-order valence-electron chi connectivity index (χ3n) is 4.02. The van der Waals surface area contributed by atoms with Crippen LogP contribution in [-0.4, -0.2) is 47.4 Å². The van der Waals surface area contributed by atoms with E-state index in [1.165, 1.54) is 0 Å². The van der Waals surface area contributed by atoms with E-state index in [2.05, 4.69) is 41.5 Å². The molecule has 4 rings (SSSR count). The Kier molecular flexibility index (Phi) is 4.80. The molecule has 12 nitrogen and oxygen atoms in total. The first-order valence-electron chi connectivity index (χ1n) is 8.55. The maximum absolute atomic E-state index is 12.5. The first-order valence-corrected chi connectivity index (χ1v) is 8.55. The van der Waals surface area contributed by atoms with Gasteiger partial charge in [-0.25, -0.2) is 9.89 Å². The summed E-state index contributed by atoms with van der Waals surface area (Å²) in [4.78, 5) is 36.5. The van der Waals surface area contributed by atoms with Crippen LogP contribution in [0.3, 0.4) is 0 Å². The average molecular weight is 393 g/mol. The third kappa shape index (κ3) is 4.16. The summed E-state index contributed by atoms with van der Waals surface area (Å²) in [7, 11) is 0. The Morgan fingerprint density at radius 3 is 2.79 bits per heavy atom.